The average Bonchev–Trinajstić information content (AvgIpc) is 2.92. The van der Waals surface area contributed by atoms with Gasteiger partial charge in [-0.3, -0.25) is 0 Å². The van der Waals surface area contributed by atoms with Crippen molar-refractivity contribution >= 4 is 28.5 Å². The first-order chi connectivity index (χ1) is 9.24. The number of hydrogen-bond acceptors (Lipinski definition) is 3. The van der Waals surface area contributed by atoms with Crippen LogP contribution in [0.3, 0.4) is 0 Å². The molecule has 0 spiro atoms. The van der Waals surface area contributed by atoms with E-state index in [2.05, 4.69) is 4.98 Å². The SMILES string of the molecule is O=C(Oc1nc(Cl)cc2ccccc12)N1CCCC1. The highest BCUT2D eigenvalue weighted by Crippen LogP contribution is 2.27. The summed E-state index contributed by atoms with van der Waals surface area (Å²) in [6, 6.07) is 9.32. The van der Waals surface area contributed by atoms with Crippen molar-refractivity contribution in [3.05, 3.63) is 35.5 Å². The van der Waals surface area contributed by atoms with Crippen molar-refractivity contribution < 1.29 is 9.53 Å². The van der Waals surface area contributed by atoms with Gasteiger partial charge in [0.1, 0.15) is 5.15 Å². The molecule has 0 aliphatic carbocycles. The van der Waals surface area contributed by atoms with E-state index in [0.29, 0.717) is 5.15 Å². The standard InChI is InChI=1S/C14H13ClN2O2/c15-12-9-10-5-1-2-6-11(10)13(16-12)19-14(18)17-7-3-4-8-17/h1-2,5-6,9H,3-4,7-8H2. The minimum Gasteiger partial charge on any atom is -0.390 e. The Kier molecular flexibility index (Phi) is 3.25. The number of fused-ring (bicyclic) bond motifs is 1. The van der Waals surface area contributed by atoms with Crippen molar-refractivity contribution in [2.75, 3.05) is 13.1 Å². The summed E-state index contributed by atoms with van der Waals surface area (Å²) in [6.07, 6.45) is 1.70. The fraction of sp³-hybridized carbons (Fsp3) is 0.286. The molecule has 0 saturated carbocycles. The molecule has 1 aliphatic heterocycles. The maximum atomic E-state index is 12.0. The number of benzene rings is 1. The van der Waals surface area contributed by atoms with Crippen molar-refractivity contribution in [2.45, 2.75) is 12.8 Å². The Bertz CT molecular complexity index is 624. The van der Waals surface area contributed by atoms with E-state index in [1.807, 2.05) is 24.3 Å². The topological polar surface area (TPSA) is 42.4 Å². The summed E-state index contributed by atoms with van der Waals surface area (Å²) in [4.78, 5) is 17.8. The van der Waals surface area contributed by atoms with Gasteiger partial charge in [0.2, 0.25) is 5.88 Å². The maximum Gasteiger partial charge on any atom is 0.416 e. The lowest BCUT2D eigenvalue weighted by molar-refractivity contribution is 0.161. The van der Waals surface area contributed by atoms with Crippen LogP contribution in [-0.2, 0) is 0 Å². The van der Waals surface area contributed by atoms with Gasteiger partial charge in [-0.25, -0.2) is 9.78 Å². The zero-order chi connectivity index (χ0) is 13.2. The molecule has 2 heterocycles. The molecule has 1 saturated heterocycles. The second-order valence-corrected chi connectivity index (χ2v) is 4.92. The molecule has 0 N–H and O–H groups in total. The van der Waals surface area contributed by atoms with E-state index in [4.69, 9.17) is 16.3 Å². The molecule has 0 bridgehead atoms. The van der Waals surface area contributed by atoms with E-state index in [9.17, 15) is 4.79 Å². The Morgan fingerprint density at radius 3 is 2.79 bits per heavy atom. The highest BCUT2D eigenvalue weighted by atomic mass is 35.5. The third-order valence-corrected chi connectivity index (χ3v) is 3.42. The first-order valence-corrected chi connectivity index (χ1v) is 6.64. The minimum absolute atomic E-state index is 0.278. The third kappa shape index (κ3) is 2.49. The molecule has 0 unspecified atom stereocenters. The summed E-state index contributed by atoms with van der Waals surface area (Å²) in [7, 11) is 0. The number of carbonyl (C=O) groups excluding carboxylic acids is 1. The molecule has 1 amide bonds. The molecular formula is C14H13ClN2O2. The maximum absolute atomic E-state index is 12.0. The molecule has 5 heteroatoms. The Morgan fingerprint density at radius 2 is 2.00 bits per heavy atom. The Balaban J connectivity index is 1.93. The quantitative estimate of drug-likeness (QED) is 0.749. The van der Waals surface area contributed by atoms with Crippen LogP contribution in [0.2, 0.25) is 5.15 Å². The van der Waals surface area contributed by atoms with Crippen molar-refractivity contribution in [1.29, 1.82) is 0 Å². The molecule has 3 rings (SSSR count). The first-order valence-electron chi connectivity index (χ1n) is 6.26. The van der Waals surface area contributed by atoms with E-state index < -0.39 is 0 Å². The van der Waals surface area contributed by atoms with Gasteiger partial charge >= 0.3 is 6.09 Å². The van der Waals surface area contributed by atoms with E-state index in [1.54, 1.807) is 11.0 Å². The molecule has 19 heavy (non-hydrogen) atoms. The van der Waals surface area contributed by atoms with Gasteiger partial charge in [-0.2, -0.15) is 0 Å². The van der Waals surface area contributed by atoms with Crippen LogP contribution in [-0.4, -0.2) is 29.1 Å². The summed E-state index contributed by atoms with van der Waals surface area (Å²) in [5.41, 5.74) is 0. The van der Waals surface area contributed by atoms with Crippen molar-refractivity contribution in [3.8, 4) is 5.88 Å². The summed E-state index contributed by atoms with van der Waals surface area (Å²) in [6.45, 7) is 1.49. The largest absolute Gasteiger partial charge is 0.416 e. The predicted octanol–water partition coefficient (Wildman–Crippen LogP) is 3.48. The van der Waals surface area contributed by atoms with Gasteiger partial charge in [0, 0.05) is 18.5 Å². The van der Waals surface area contributed by atoms with Crippen LogP contribution in [0.5, 0.6) is 5.88 Å². The van der Waals surface area contributed by atoms with Gasteiger partial charge in [-0.1, -0.05) is 29.8 Å². The van der Waals surface area contributed by atoms with Gasteiger partial charge in [-0.05, 0) is 30.4 Å². The summed E-state index contributed by atoms with van der Waals surface area (Å²) in [5.74, 6) is 0.278. The zero-order valence-corrected chi connectivity index (χ0v) is 11.1. The number of carbonyl (C=O) groups is 1. The number of halogens is 1. The number of pyridine rings is 1. The Morgan fingerprint density at radius 1 is 1.26 bits per heavy atom. The summed E-state index contributed by atoms with van der Waals surface area (Å²) < 4.78 is 5.38. The molecular weight excluding hydrogens is 264 g/mol. The van der Waals surface area contributed by atoms with E-state index in [0.717, 1.165) is 36.7 Å². The lowest BCUT2D eigenvalue weighted by atomic mass is 10.2. The van der Waals surface area contributed by atoms with Crippen LogP contribution in [0, 0.1) is 0 Å². The Labute approximate surface area is 115 Å². The number of likely N-dealkylation sites (tertiary alicyclic amines) is 1. The van der Waals surface area contributed by atoms with Crippen molar-refractivity contribution in [2.24, 2.45) is 0 Å². The van der Waals surface area contributed by atoms with Crippen LogP contribution in [0.1, 0.15) is 12.8 Å². The lowest BCUT2D eigenvalue weighted by Gasteiger charge is -2.15. The minimum atomic E-state index is -0.350. The second-order valence-electron chi connectivity index (χ2n) is 4.53. The number of aromatic nitrogens is 1. The summed E-state index contributed by atoms with van der Waals surface area (Å²) >= 11 is 5.95. The fourth-order valence-electron chi connectivity index (χ4n) is 2.26. The summed E-state index contributed by atoms with van der Waals surface area (Å²) in [5, 5.41) is 2.02. The van der Waals surface area contributed by atoms with Crippen LogP contribution < -0.4 is 4.74 Å². The van der Waals surface area contributed by atoms with Gasteiger partial charge in [0.05, 0.1) is 0 Å². The smallest absolute Gasteiger partial charge is 0.390 e. The fourth-order valence-corrected chi connectivity index (χ4v) is 2.45. The molecule has 2 aromatic rings. The molecule has 0 radical (unpaired) electrons. The van der Waals surface area contributed by atoms with E-state index >= 15 is 0 Å². The van der Waals surface area contributed by atoms with E-state index in [-0.39, 0.29) is 12.0 Å². The second kappa shape index (κ2) is 5.05. The molecule has 1 fully saturated rings. The van der Waals surface area contributed by atoms with Crippen LogP contribution in [0.15, 0.2) is 30.3 Å². The Hall–Kier alpha value is -1.81. The molecule has 1 aromatic carbocycles. The number of hydrogen-bond donors (Lipinski definition) is 0. The van der Waals surface area contributed by atoms with E-state index in [1.165, 1.54) is 0 Å². The molecule has 4 nitrogen and oxygen atoms in total. The number of amides is 1. The third-order valence-electron chi connectivity index (χ3n) is 3.22. The molecule has 1 aromatic heterocycles. The number of ether oxygens (including phenoxy) is 1. The van der Waals surface area contributed by atoms with Gasteiger partial charge in [0.15, 0.2) is 0 Å². The van der Waals surface area contributed by atoms with Crippen LogP contribution in [0.25, 0.3) is 10.8 Å². The van der Waals surface area contributed by atoms with Crippen LogP contribution in [0.4, 0.5) is 4.79 Å². The molecule has 0 atom stereocenters. The van der Waals surface area contributed by atoms with Crippen molar-refractivity contribution in [3.63, 3.8) is 0 Å². The zero-order valence-electron chi connectivity index (χ0n) is 10.3. The van der Waals surface area contributed by atoms with Gasteiger partial charge < -0.3 is 9.64 Å². The predicted molar refractivity (Wildman–Crippen MR) is 73.6 cm³/mol. The van der Waals surface area contributed by atoms with Crippen LogP contribution >= 0.6 is 11.6 Å². The van der Waals surface area contributed by atoms with Gasteiger partial charge in [0.25, 0.3) is 0 Å². The highest BCUT2D eigenvalue weighted by molar-refractivity contribution is 6.30. The number of nitrogens with zero attached hydrogens (tertiary/aromatic N) is 2. The average molecular weight is 277 g/mol. The number of rotatable bonds is 1. The first kappa shape index (κ1) is 12.2. The van der Waals surface area contributed by atoms with Crippen molar-refractivity contribution in [1.82, 2.24) is 9.88 Å². The molecule has 98 valence electrons. The normalized spacial score (nSPS) is 14.9. The van der Waals surface area contributed by atoms with Gasteiger partial charge in [-0.15, -0.1) is 0 Å². The lowest BCUT2D eigenvalue weighted by Crippen LogP contribution is -2.30. The highest BCUT2D eigenvalue weighted by Gasteiger charge is 2.21. The molecule has 1 aliphatic rings. The monoisotopic (exact) mass is 276 g/mol.